The first-order chi connectivity index (χ1) is 8.99. The van der Waals surface area contributed by atoms with Gasteiger partial charge in [0, 0.05) is 11.8 Å². The van der Waals surface area contributed by atoms with Crippen molar-refractivity contribution in [2.75, 3.05) is 19.5 Å². The number of nitrogen functional groups attached to an aromatic ring is 1. The van der Waals surface area contributed by atoms with E-state index in [1.54, 1.807) is 0 Å². The van der Waals surface area contributed by atoms with Crippen molar-refractivity contribution in [2.45, 2.75) is 26.7 Å². The van der Waals surface area contributed by atoms with Crippen LogP contribution in [-0.4, -0.2) is 19.7 Å². The molecule has 0 saturated heterocycles. The number of carbonyl (C=O) groups is 1. The van der Waals surface area contributed by atoms with Gasteiger partial charge in [0.25, 0.3) is 0 Å². The Labute approximate surface area is 112 Å². The molecule has 19 heavy (non-hydrogen) atoms. The SMILES string of the molecule is CCCC(C)COc1cc(C(=O)OC)c(N)cc1F. The zero-order chi connectivity index (χ0) is 14.4. The summed E-state index contributed by atoms with van der Waals surface area (Å²) in [4.78, 5) is 11.5. The molecule has 1 aromatic rings. The maximum absolute atomic E-state index is 13.7. The standard InChI is InChI=1S/C14H20FNO3/c1-4-5-9(2)8-19-13-6-10(14(17)18-3)12(16)7-11(13)15/h6-7,9H,4-5,8,16H2,1-3H3. The van der Waals surface area contributed by atoms with E-state index in [2.05, 4.69) is 11.7 Å². The van der Waals surface area contributed by atoms with Gasteiger partial charge in [-0.05, 0) is 18.4 Å². The lowest BCUT2D eigenvalue weighted by Crippen LogP contribution is -2.11. The van der Waals surface area contributed by atoms with Gasteiger partial charge in [0.2, 0.25) is 0 Å². The third-order valence-corrected chi connectivity index (χ3v) is 2.81. The third-order valence-electron chi connectivity index (χ3n) is 2.81. The van der Waals surface area contributed by atoms with E-state index in [0.29, 0.717) is 12.5 Å². The fourth-order valence-corrected chi connectivity index (χ4v) is 1.77. The molecule has 0 aliphatic rings. The van der Waals surface area contributed by atoms with E-state index in [-0.39, 0.29) is 17.0 Å². The van der Waals surface area contributed by atoms with Crippen molar-refractivity contribution >= 4 is 11.7 Å². The average Bonchev–Trinajstić information content (AvgIpc) is 2.37. The first-order valence-corrected chi connectivity index (χ1v) is 6.29. The Morgan fingerprint density at radius 1 is 1.47 bits per heavy atom. The number of hydrogen-bond acceptors (Lipinski definition) is 4. The highest BCUT2D eigenvalue weighted by atomic mass is 19.1. The molecule has 106 valence electrons. The summed E-state index contributed by atoms with van der Waals surface area (Å²) in [6.45, 7) is 4.50. The maximum Gasteiger partial charge on any atom is 0.340 e. The monoisotopic (exact) mass is 269 g/mol. The fraction of sp³-hybridized carbons (Fsp3) is 0.500. The summed E-state index contributed by atoms with van der Waals surface area (Å²) in [6.07, 6.45) is 2.04. The minimum absolute atomic E-state index is 0.0255. The summed E-state index contributed by atoms with van der Waals surface area (Å²) < 4.78 is 23.7. The van der Waals surface area contributed by atoms with Crippen molar-refractivity contribution in [3.05, 3.63) is 23.5 Å². The van der Waals surface area contributed by atoms with Crippen molar-refractivity contribution in [1.82, 2.24) is 0 Å². The summed E-state index contributed by atoms with van der Waals surface area (Å²) in [6, 6.07) is 2.36. The quantitative estimate of drug-likeness (QED) is 0.637. The van der Waals surface area contributed by atoms with Crippen LogP contribution in [0, 0.1) is 11.7 Å². The second-order valence-electron chi connectivity index (χ2n) is 4.57. The molecule has 0 fully saturated rings. The summed E-state index contributed by atoms with van der Waals surface area (Å²) in [5.41, 5.74) is 5.73. The Bertz CT molecular complexity index is 449. The normalized spacial score (nSPS) is 12.0. The Kier molecular flexibility index (Phi) is 5.60. The van der Waals surface area contributed by atoms with Crippen LogP contribution in [0.2, 0.25) is 0 Å². The maximum atomic E-state index is 13.7. The molecule has 0 aromatic heterocycles. The van der Waals surface area contributed by atoms with Crippen LogP contribution in [0.1, 0.15) is 37.0 Å². The minimum Gasteiger partial charge on any atom is -0.490 e. The van der Waals surface area contributed by atoms with Crippen LogP contribution in [0.15, 0.2) is 12.1 Å². The molecule has 4 nitrogen and oxygen atoms in total. The van der Waals surface area contributed by atoms with Crippen LogP contribution in [-0.2, 0) is 4.74 Å². The number of hydrogen-bond donors (Lipinski definition) is 1. The number of nitrogens with two attached hydrogens (primary N) is 1. The largest absolute Gasteiger partial charge is 0.490 e. The van der Waals surface area contributed by atoms with E-state index in [9.17, 15) is 9.18 Å². The summed E-state index contributed by atoms with van der Waals surface area (Å²) in [5, 5.41) is 0. The smallest absolute Gasteiger partial charge is 0.340 e. The van der Waals surface area contributed by atoms with Crippen molar-refractivity contribution in [3.63, 3.8) is 0 Å². The molecule has 1 atom stereocenters. The number of methoxy groups -OCH3 is 1. The fourth-order valence-electron chi connectivity index (χ4n) is 1.77. The molecule has 0 bridgehead atoms. The molecule has 1 unspecified atom stereocenters. The van der Waals surface area contributed by atoms with Gasteiger partial charge in [0.05, 0.1) is 19.3 Å². The first-order valence-electron chi connectivity index (χ1n) is 6.29. The van der Waals surface area contributed by atoms with E-state index in [1.165, 1.54) is 13.2 Å². The van der Waals surface area contributed by atoms with Gasteiger partial charge in [-0.15, -0.1) is 0 Å². The molecule has 1 rings (SSSR count). The van der Waals surface area contributed by atoms with Crippen molar-refractivity contribution in [3.8, 4) is 5.75 Å². The molecule has 0 saturated carbocycles. The van der Waals surface area contributed by atoms with E-state index in [0.717, 1.165) is 18.9 Å². The van der Waals surface area contributed by atoms with Gasteiger partial charge in [0.15, 0.2) is 11.6 Å². The number of anilines is 1. The molecule has 0 spiro atoms. The molecule has 0 heterocycles. The summed E-state index contributed by atoms with van der Waals surface area (Å²) in [7, 11) is 1.25. The van der Waals surface area contributed by atoms with Crippen molar-refractivity contribution < 1.29 is 18.7 Å². The predicted octanol–water partition coefficient (Wildman–Crippen LogP) is 3.01. The topological polar surface area (TPSA) is 61.5 Å². The predicted molar refractivity (Wildman–Crippen MR) is 71.7 cm³/mol. The van der Waals surface area contributed by atoms with E-state index < -0.39 is 11.8 Å². The highest BCUT2D eigenvalue weighted by molar-refractivity contribution is 5.95. The summed E-state index contributed by atoms with van der Waals surface area (Å²) in [5.74, 6) is -0.834. The van der Waals surface area contributed by atoms with Crippen LogP contribution in [0.3, 0.4) is 0 Å². The molecule has 1 aromatic carbocycles. The number of ether oxygens (including phenoxy) is 2. The number of benzene rings is 1. The van der Waals surface area contributed by atoms with Gasteiger partial charge < -0.3 is 15.2 Å². The third kappa shape index (κ3) is 4.12. The lowest BCUT2D eigenvalue weighted by atomic mass is 10.1. The Hall–Kier alpha value is -1.78. The number of esters is 1. The summed E-state index contributed by atoms with van der Waals surface area (Å²) >= 11 is 0. The van der Waals surface area contributed by atoms with Gasteiger partial charge in [-0.2, -0.15) is 0 Å². The van der Waals surface area contributed by atoms with Crippen LogP contribution in [0.25, 0.3) is 0 Å². The van der Waals surface area contributed by atoms with Gasteiger partial charge in [-0.25, -0.2) is 9.18 Å². The van der Waals surface area contributed by atoms with Gasteiger partial charge in [-0.3, -0.25) is 0 Å². The van der Waals surface area contributed by atoms with Crippen LogP contribution < -0.4 is 10.5 Å². The zero-order valence-corrected chi connectivity index (χ0v) is 11.5. The molecule has 5 heteroatoms. The van der Waals surface area contributed by atoms with Gasteiger partial charge in [0.1, 0.15) is 0 Å². The van der Waals surface area contributed by atoms with Crippen LogP contribution in [0.5, 0.6) is 5.75 Å². The Morgan fingerprint density at radius 2 is 2.16 bits per heavy atom. The molecular weight excluding hydrogens is 249 g/mol. The molecule has 0 radical (unpaired) electrons. The molecule has 0 amide bonds. The van der Waals surface area contributed by atoms with Gasteiger partial charge >= 0.3 is 5.97 Å². The second-order valence-corrected chi connectivity index (χ2v) is 4.57. The number of halogens is 1. The van der Waals surface area contributed by atoms with E-state index >= 15 is 0 Å². The van der Waals surface area contributed by atoms with Crippen LogP contribution >= 0.6 is 0 Å². The molecule has 0 aliphatic heterocycles. The lowest BCUT2D eigenvalue weighted by Gasteiger charge is -2.14. The van der Waals surface area contributed by atoms with Crippen molar-refractivity contribution in [1.29, 1.82) is 0 Å². The first kappa shape index (κ1) is 15.3. The molecule has 0 aliphatic carbocycles. The Morgan fingerprint density at radius 3 is 2.74 bits per heavy atom. The molecular formula is C14H20FNO3. The minimum atomic E-state index is -0.607. The highest BCUT2D eigenvalue weighted by Gasteiger charge is 2.16. The Balaban J connectivity index is 2.86. The lowest BCUT2D eigenvalue weighted by molar-refractivity contribution is 0.0601. The van der Waals surface area contributed by atoms with E-state index in [4.69, 9.17) is 10.5 Å². The zero-order valence-electron chi connectivity index (χ0n) is 11.5. The number of carbonyl (C=O) groups excluding carboxylic acids is 1. The average molecular weight is 269 g/mol. The molecule has 2 N–H and O–H groups in total. The highest BCUT2D eigenvalue weighted by Crippen LogP contribution is 2.25. The van der Waals surface area contributed by atoms with Gasteiger partial charge in [-0.1, -0.05) is 20.3 Å². The van der Waals surface area contributed by atoms with Crippen molar-refractivity contribution in [2.24, 2.45) is 5.92 Å². The van der Waals surface area contributed by atoms with E-state index in [1.807, 2.05) is 6.92 Å². The van der Waals surface area contributed by atoms with Crippen LogP contribution in [0.4, 0.5) is 10.1 Å². The second kappa shape index (κ2) is 6.97. The number of rotatable bonds is 6.